The van der Waals surface area contributed by atoms with Crippen LogP contribution in [0.5, 0.6) is 0 Å². The Kier molecular flexibility index (Phi) is 3.83. The monoisotopic (exact) mass is 273 g/mol. The summed E-state index contributed by atoms with van der Waals surface area (Å²) in [6.45, 7) is 0.786. The van der Waals surface area contributed by atoms with Crippen molar-refractivity contribution in [3.05, 3.63) is 22.6 Å². The van der Waals surface area contributed by atoms with Gasteiger partial charge in [0.15, 0.2) is 0 Å². The minimum atomic E-state index is 0.433. The number of hydrogen-bond donors (Lipinski definition) is 1. The van der Waals surface area contributed by atoms with Crippen LogP contribution in [-0.2, 0) is 11.3 Å². The maximum absolute atomic E-state index is 5.34. The van der Waals surface area contributed by atoms with Gasteiger partial charge in [-0.3, -0.25) is 0 Å². The molecule has 1 aliphatic rings. The summed E-state index contributed by atoms with van der Waals surface area (Å²) in [5, 5.41) is 3.49. The Morgan fingerprint density at radius 1 is 1.60 bits per heavy atom. The maximum atomic E-state index is 5.34. The van der Waals surface area contributed by atoms with Gasteiger partial charge in [-0.1, -0.05) is 0 Å². The van der Waals surface area contributed by atoms with Gasteiger partial charge in [-0.05, 0) is 41.3 Å². The highest BCUT2D eigenvalue weighted by Gasteiger charge is 2.24. The normalized spacial score (nSPS) is 26.0. The molecule has 1 aromatic rings. The van der Waals surface area contributed by atoms with Crippen molar-refractivity contribution in [3.8, 4) is 0 Å². The molecule has 0 bridgehead atoms. The van der Waals surface area contributed by atoms with Crippen LogP contribution >= 0.6 is 15.9 Å². The third-order valence-corrected chi connectivity index (χ3v) is 3.67. The van der Waals surface area contributed by atoms with Crippen molar-refractivity contribution in [2.75, 3.05) is 7.11 Å². The van der Waals surface area contributed by atoms with E-state index in [4.69, 9.17) is 9.15 Å². The second-order valence-electron chi connectivity index (χ2n) is 3.94. The van der Waals surface area contributed by atoms with Crippen LogP contribution in [0.2, 0.25) is 0 Å². The molecule has 15 heavy (non-hydrogen) atoms. The van der Waals surface area contributed by atoms with Crippen LogP contribution in [-0.4, -0.2) is 19.3 Å². The number of hydrogen-bond acceptors (Lipinski definition) is 3. The number of nitrogens with one attached hydrogen (secondary N) is 1. The molecule has 1 aromatic heterocycles. The summed E-state index contributed by atoms with van der Waals surface area (Å²) >= 11 is 3.44. The molecule has 2 rings (SSSR count). The zero-order valence-electron chi connectivity index (χ0n) is 8.83. The zero-order valence-corrected chi connectivity index (χ0v) is 10.4. The van der Waals surface area contributed by atoms with Gasteiger partial charge in [0.25, 0.3) is 0 Å². The first-order valence-electron chi connectivity index (χ1n) is 5.27. The van der Waals surface area contributed by atoms with E-state index in [1.165, 1.54) is 6.42 Å². The van der Waals surface area contributed by atoms with E-state index in [1.807, 2.05) is 6.07 Å². The lowest BCUT2D eigenvalue weighted by atomic mass is 10.2. The summed E-state index contributed by atoms with van der Waals surface area (Å²) in [5.41, 5.74) is 0. The van der Waals surface area contributed by atoms with Gasteiger partial charge in [0.2, 0.25) is 0 Å². The molecule has 3 nitrogen and oxygen atoms in total. The molecule has 0 amide bonds. The van der Waals surface area contributed by atoms with Gasteiger partial charge in [-0.15, -0.1) is 0 Å². The van der Waals surface area contributed by atoms with Gasteiger partial charge in [-0.2, -0.15) is 0 Å². The third-order valence-electron chi connectivity index (χ3n) is 2.96. The van der Waals surface area contributed by atoms with E-state index in [9.17, 15) is 0 Å². The van der Waals surface area contributed by atoms with Crippen molar-refractivity contribution in [3.63, 3.8) is 0 Å². The molecule has 1 fully saturated rings. The van der Waals surface area contributed by atoms with E-state index < -0.39 is 0 Å². The molecule has 2 atom stereocenters. The Bertz CT molecular complexity index is 313. The first kappa shape index (κ1) is 11.2. The topological polar surface area (TPSA) is 34.4 Å². The molecule has 2 unspecified atom stereocenters. The van der Waals surface area contributed by atoms with Crippen LogP contribution in [0.15, 0.2) is 21.2 Å². The van der Waals surface area contributed by atoms with Gasteiger partial charge >= 0.3 is 0 Å². The molecule has 0 spiro atoms. The molecule has 0 saturated heterocycles. The van der Waals surface area contributed by atoms with E-state index in [0.717, 1.165) is 29.6 Å². The Hall–Kier alpha value is -0.320. The van der Waals surface area contributed by atoms with Crippen LogP contribution in [0.3, 0.4) is 0 Å². The van der Waals surface area contributed by atoms with Crippen LogP contribution < -0.4 is 5.32 Å². The Morgan fingerprint density at radius 2 is 2.47 bits per heavy atom. The standard InChI is InChI=1S/C11H16BrNO2/c1-14-9-3-2-8(6-9)13-7-11-10(12)4-5-15-11/h4-5,8-9,13H,2-3,6-7H2,1H3. The summed E-state index contributed by atoms with van der Waals surface area (Å²) in [7, 11) is 1.79. The smallest absolute Gasteiger partial charge is 0.131 e. The van der Waals surface area contributed by atoms with Crippen molar-refractivity contribution in [2.24, 2.45) is 0 Å². The Balaban J connectivity index is 1.77. The fourth-order valence-corrected chi connectivity index (χ4v) is 2.37. The SMILES string of the molecule is COC1CCC(NCc2occc2Br)C1. The molecule has 1 N–H and O–H groups in total. The minimum Gasteiger partial charge on any atom is -0.467 e. The molecule has 0 aliphatic heterocycles. The van der Waals surface area contributed by atoms with Crippen molar-refractivity contribution in [2.45, 2.75) is 38.0 Å². The van der Waals surface area contributed by atoms with E-state index >= 15 is 0 Å². The van der Waals surface area contributed by atoms with Crippen molar-refractivity contribution in [1.82, 2.24) is 5.32 Å². The lowest BCUT2D eigenvalue weighted by Crippen LogP contribution is -2.26. The molecule has 0 aromatic carbocycles. The molecule has 1 aliphatic carbocycles. The summed E-state index contributed by atoms with van der Waals surface area (Å²) in [5.74, 6) is 0.968. The quantitative estimate of drug-likeness (QED) is 0.916. The predicted molar refractivity (Wildman–Crippen MR) is 61.7 cm³/mol. The highest BCUT2D eigenvalue weighted by atomic mass is 79.9. The maximum Gasteiger partial charge on any atom is 0.131 e. The molecular formula is C11H16BrNO2. The van der Waals surface area contributed by atoms with Gasteiger partial charge in [0, 0.05) is 13.2 Å². The summed E-state index contributed by atoms with van der Waals surface area (Å²) in [6.07, 6.45) is 5.59. The number of furan rings is 1. The van der Waals surface area contributed by atoms with Crippen molar-refractivity contribution in [1.29, 1.82) is 0 Å². The van der Waals surface area contributed by atoms with Crippen molar-refractivity contribution >= 4 is 15.9 Å². The fraction of sp³-hybridized carbons (Fsp3) is 0.636. The highest BCUT2D eigenvalue weighted by Crippen LogP contribution is 2.23. The number of ether oxygens (including phenoxy) is 1. The highest BCUT2D eigenvalue weighted by molar-refractivity contribution is 9.10. The number of halogens is 1. The minimum absolute atomic E-state index is 0.433. The lowest BCUT2D eigenvalue weighted by Gasteiger charge is -2.11. The summed E-state index contributed by atoms with van der Waals surface area (Å²) in [4.78, 5) is 0. The average molecular weight is 274 g/mol. The first-order chi connectivity index (χ1) is 7.29. The second-order valence-corrected chi connectivity index (χ2v) is 4.79. The van der Waals surface area contributed by atoms with Crippen LogP contribution in [0, 0.1) is 0 Å². The van der Waals surface area contributed by atoms with E-state index in [-0.39, 0.29) is 0 Å². The van der Waals surface area contributed by atoms with Gasteiger partial charge in [0.1, 0.15) is 5.76 Å². The van der Waals surface area contributed by atoms with Crippen molar-refractivity contribution < 1.29 is 9.15 Å². The number of methoxy groups -OCH3 is 1. The second kappa shape index (κ2) is 5.14. The van der Waals surface area contributed by atoms with Crippen LogP contribution in [0.4, 0.5) is 0 Å². The van der Waals surface area contributed by atoms with E-state index in [1.54, 1.807) is 13.4 Å². The third kappa shape index (κ3) is 2.83. The molecule has 0 radical (unpaired) electrons. The van der Waals surface area contributed by atoms with E-state index in [2.05, 4.69) is 21.2 Å². The van der Waals surface area contributed by atoms with Gasteiger partial charge in [-0.25, -0.2) is 0 Å². The van der Waals surface area contributed by atoms with E-state index in [0.29, 0.717) is 12.1 Å². The van der Waals surface area contributed by atoms with Crippen LogP contribution in [0.1, 0.15) is 25.0 Å². The Morgan fingerprint density at radius 3 is 3.07 bits per heavy atom. The molecule has 84 valence electrons. The average Bonchev–Trinajstić information content (AvgIpc) is 2.84. The summed E-state index contributed by atoms with van der Waals surface area (Å²) < 4.78 is 11.7. The molecular weight excluding hydrogens is 258 g/mol. The number of rotatable bonds is 4. The lowest BCUT2D eigenvalue weighted by molar-refractivity contribution is 0.107. The predicted octanol–water partition coefficient (Wildman–Crippen LogP) is 2.70. The van der Waals surface area contributed by atoms with Gasteiger partial charge < -0.3 is 14.5 Å². The van der Waals surface area contributed by atoms with Gasteiger partial charge in [0.05, 0.1) is 23.4 Å². The van der Waals surface area contributed by atoms with Crippen LogP contribution in [0.25, 0.3) is 0 Å². The molecule has 1 saturated carbocycles. The molecule has 4 heteroatoms. The largest absolute Gasteiger partial charge is 0.467 e. The summed E-state index contributed by atoms with van der Waals surface area (Å²) in [6, 6.07) is 2.48. The zero-order chi connectivity index (χ0) is 10.7. The fourth-order valence-electron chi connectivity index (χ4n) is 2.03. The Labute approximate surface area is 98.3 Å². The first-order valence-corrected chi connectivity index (χ1v) is 6.07. The molecule has 1 heterocycles.